The molecule has 0 aliphatic heterocycles. The van der Waals surface area contributed by atoms with Crippen LogP contribution >= 0.6 is 11.3 Å². The molecule has 0 fully saturated rings. The van der Waals surface area contributed by atoms with Gasteiger partial charge in [0.15, 0.2) is 0 Å². The summed E-state index contributed by atoms with van der Waals surface area (Å²) < 4.78 is 0. The van der Waals surface area contributed by atoms with Crippen molar-refractivity contribution in [3.63, 3.8) is 0 Å². The molecule has 0 aliphatic rings. The molecule has 1 heterocycles. The minimum absolute atomic E-state index is 0.210. The highest BCUT2D eigenvalue weighted by molar-refractivity contribution is 7.12. The summed E-state index contributed by atoms with van der Waals surface area (Å²) in [6, 6.07) is 1.98. The summed E-state index contributed by atoms with van der Waals surface area (Å²) in [5.41, 5.74) is 3.21. The van der Waals surface area contributed by atoms with Gasteiger partial charge in [-0.2, -0.15) is 0 Å². The summed E-state index contributed by atoms with van der Waals surface area (Å²) in [6.07, 6.45) is 1.09. The Morgan fingerprint density at radius 2 is 2.35 bits per heavy atom. The van der Waals surface area contributed by atoms with Crippen LogP contribution in [0.15, 0.2) is 11.4 Å². The summed E-state index contributed by atoms with van der Waals surface area (Å²) in [5, 5.41) is 5.03. The van der Waals surface area contributed by atoms with E-state index in [1.54, 1.807) is 0 Å². The standard InChI is InChI=1S/C11H20N4OS/c1-13-5-3-6-15(2)8-9-4-7-17-10(9)11(16)14-12/h4,7,13H,3,5-6,8,12H2,1-2H3,(H,14,16). The van der Waals surface area contributed by atoms with Crippen molar-refractivity contribution in [2.75, 3.05) is 27.2 Å². The van der Waals surface area contributed by atoms with Gasteiger partial charge in [-0.15, -0.1) is 11.3 Å². The van der Waals surface area contributed by atoms with Crippen LogP contribution < -0.4 is 16.6 Å². The second kappa shape index (κ2) is 7.39. The third kappa shape index (κ3) is 4.43. The SMILES string of the molecule is CNCCCN(C)Cc1ccsc1C(=O)NN. The van der Waals surface area contributed by atoms with E-state index in [4.69, 9.17) is 5.84 Å². The first-order chi connectivity index (χ1) is 8.19. The smallest absolute Gasteiger partial charge is 0.275 e. The summed E-state index contributed by atoms with van der Waals surface area (Å²) in [7, 11) is 4.00. The zero-order chi connectivity index (χ0) is 12.7. The van der Waals surface area contributed by atoms with Crippen molar-refractivity contribution in [3.05, 3.63) is 21.9 Å². The molecule has 0 radical (unpaired) electrons. The van der Waals surface area contributed by atoms with Crippen LogP contribution in [0, 0.1) is 0 Å². The van der Waals surface area contributed by atoms with Crippen molar-refractivity contribution >= 4 is 17.2 Å². The Balaban J connectivity index is 2.50. The summed E-state index contributed by atoms with van der Waals surface area (Å²) >= 11 is 1.42. The average Bonchev–Trinajstić information content (AvgIpc) is 2.76. The lowest BCUT2D eigenvalue weighted by Gasteiger charge is -2.16. The monoisotopic (exact) mass is 256 g/mol. The van der Waals surface area contributed by atoms with Crippen LogP contribution in [0.4, 0.5) is 0 Å². The number of carbonyl (C=O) groups is 1. The van der Waals surface area contributed by atoms with Gasteiger partial charge in [0.25, 0.3) is 5.91 Å². The van der Waals surface area contributed by atoms with Crippen molar-refractivity contribution < 1.29 is 4.79 Å². The van der Waals surface area contributed by atoms with Crippen LogP contribution in [0.2, 0.25) is 0 Å². The number of carbonyl (C=O) groups excluding carboxylic acids is 1. The normalized spacial score (nSPS) is 10.8. The summed E-state index contributed by atoms with van der Waals surface area (Å²) in [5.74, 6) is 4.94. The molecule has 1 rings (SSSR count). The Hall–Kier alpha value is -0.950. The molecule has 0 bridgehead atoms. The number of nitrogens with zero attached hydrogens (tertiary/aromatic N) is 1. The maximum atomic E-state index is 11.5. The van der Waals surface area contributed by atoms with Crippen LogP contribution in [0.25, 0.3) is 0 Å². The van der Waals surface area contributed by atoms with Gasteiger partial charge in [0.1, 0.15) is 0 Å². The molecule has 0 aromatic carbocycles. The van der Waals surface area contributed by atoms with Crippen molar-refractivity contribution in [2.45, 2.75) is 13.0 Å². The number of rotatable bonds is 7. The van der Waals surface area contributed by atoms with E-state index in [1.807, 2.05) is 18.5 Å². The minimum atomic E-state index is -0.210. The number of hydrogen-bond donors (Lipinski definition) is 3. The van der Waals surface area contributed by atoms with E-state index in [2.05, 4.69) is 22.7 Å². The molecule has 0 saturated carbocycles. The lowest BCUT2D eigenvalue weighted by molar-refractivity contribution is 0.0956. The highest BCUT2D eigenvalue weighted by Gasteiger charge is 2.13. The Labute approximate surface area is 106 Å². The summed E-state index contributed by atoms with van der Waals surface area (Å²) in [4.78, 5) is 14.4. The van der Waals surface area contributed by atoms with Crippen LogP contribution in [-0.4, -0.2) is 38.0 Å². The molecule has 6 heteroatoms. The zero-order valence-electron chi connectivity index (χ0n) is 10.3. The maximum absolute atomic E-state index is 11.5. The van der Waals surface area contributed by atoms with Crippen molar-refractivity contribution in [1.29, 1.82) is 0 Å². The van der Waals surface area contributed by atoms with Gasteiger partial charge >= 0.3 is 0 Å². The van der Waals surface area contributed by atoms with Crippen LogP contribution in [0.3, 0.4) is 0 Å². The molecule has 1 aromatic heterocycles. The highest BCUT2D eigenvalue weighted by Crippen LogP contribution is 2.18. The fourth-order valence-electron chi connectivity index (χ4n) is 1.62. The fourth-order valence-corrected chi connectivity index (χ4v) is 2.44. The van der Waals surface area contributed by atoms with Gasteiger partial charge in [-0.3, -0.25) is 10.2 Å². The molecule has 0 spiro atoms. The molecule has 0 unspecified atom stereocenters. The second-order valence-electron chi connectivity index (χ2n) is 3.94. The highest BCUT2D eigenvalue weighted by atomic mass is 32.1. The lowest BCUT2D eigenvalue weighted by Crippen LogP contribution is -2.30. The predicted molar refractivity (Wildman–Crippen MR) is 70.9 cm³/mol. The first-order valence-electron chi connectivity index (χ1n) is 5.59. The Morgan fingerprint density at radius 3 is 3.00 bits per heavy atom. The van der Waals surface area contributed by atoms with E-state index in [0.717, 1.165) is 31.6 Å². The topological polar surface area (TPSA) is 70.4 Å². The van der Waals surface area contributed by atoms with E-state index in [9.17, 15) is 4.79 Å². The van der Waals surface area contributed by atoms with Gasteiger partial charge in [0.2, 0.25) is 0 Å². The average molecular weight is 256 g/mol. The number of amides is 1. The molecule has 96 valence electrons. The predicted octanol–water partition coefficient (Wildman–Crippen LogP) is 0.393. The lowest BCUT2D eigenvalue weighted by atomic mass is 10.2. The number of hydrogen-bond acceptors (Lipinski definition) is 5. The van der Waals surface area contributed by atoms with Crippen molar-refractivity contribution in [1.82, 2.24) is 15.6 Å². The Morgan fingerprint density at radius 1 is 1.59 bits per heavy atom. The van der Waals surface area contributed by atoms with E-state index >= 15 is 0 Å². The molecule has 0 aliphatic carbocycles. The molecule has 1 aromatic rings. The zero-order valence-corrected chi connectivity index (χ0v) is 11.1. The van der Waals surface area contributed by atoms with Crippen LogP contribution in [-0.2, 0) is 6.54 Å². The Kier molecular flexibility index (Phi) is 6.13. The molecule has 1 amide bonds. The first kappa shape index (κ1) is 14.1. The maximum Gasteiger partial charge on any atom is 0.275 e. The molecule has 0 atom stereocenters. The molecule has 0 saturated heterocycles. The molecular formula is C11H20N4OS. The van der Waals surface area contributed by atoms with Gasteiger partial charge in [0.05, 0.1) is 4.88 Å². The largest absolute Gasteiger partial charge is 0.320 e. The van der Waals surface area contributed by atoms with Gasteiger partial charge in [-0.1, -0.05) is 0 Å². The number of thiophene rings is 1. The molecule has 17 heavy (non-hydrogen) atoms. The van der Waals surface area contributed by atoms with Gasteiger partial charge in [-0.05, 0) is 50.6 Å². The van der Waals surface area contributed by atoms with Gasteiger partial charge in [0, 0.05) is 6.54 Å². The van der Waals surface area contributed by atoms with Crippen LogP contribution in [0.5, 0.6) is 0 Å². The third-order valence-electron chi connectivity index (χ3n) is 2.49. The minimum Gasteiger partial charge on any atom is -0.320 e. The summed E-state index contributed by atoms with van der Waals surface area (Å²) in [6.45, 7) is 2.78. The number of nitrogens with two attached hydrogens (primary N) is 1. The fraction of sp³-hybridized carbons (Fsp3) is 0.545. The van der Waals surface area contributed by atoms with E-state index < -0.39 is 0 Å². The van der Waals surface area contributed by atoms with Crippen molar-refractivity contribution in [3.8, 4) is 0 Å². The quantitative estimate of drug-likeness (QED) is 0.286. The number of hydrazine groups is 1. The van der Waals surface area contributed by atoms with Crippen molar-refractivity contribution in [2.24, 2.45) is 5.84 Å². The third-order valence-corrected chi connectivity index (χ3v) is 3.45. The number of nitrogens with one attached hydrogen (secondary N) is 2. The Bertz CT molecular complexity index is 353. The van der Waals surface area contributed by atoms with Crippen LogP contribution in [0.1, 0.15) is 21.7 Å². The first-order valence-corrected chi connectivity index (χ1v) is 6.47. The van der Waals surface area contributed by atoms with E-state index in [1.165, 1.54) is 11.3 Å². The van der Waals surface area contributed by atoms with Gasteiger partial charge < -0.3 is 10.2 Å². The second-order valence-corrected chi connectivity index (χ2v) is 4.86. The molecule has 4 N–H and O–H groups in total. The van der Waals surface area contributed by atoms with E-state index in [0.29, 0.717) is 4.88 Å². The molecule has 5 nitrogen and oxygen atoms in total. The van der Waals surface area contributed by atoms with E-state index in [-0.39, 0.29) is 5.91 Å². The number of nitrogen functional groups attached to an aromatic ring is 1. The van der Waals surface area contributed by atoms with Gasteiger partial charge in [-0.25, -0.2) is 5.84 Å². The molecular weight excluding hydrogens is 236 g/mol.